The number of esters is 1. The largest absolute Gasteiger partial charge is 0.463 e. The standard InChI is InChI=1S/C13H21NO3/c1-6-7-10-11(13(15)16-5)17-12(14-10)9(4)8(2)3/h8-9H,6-7H2,1-5H3. The van der Waals surface area contributed by atoms with Gasteiger partial charge in [-0.2, -0.15) is 0 Å². The second kappa shape index (κ2) is 5.84. The number of aryl methyl sites for hydroxylation is 1. The summed E-state index contributed by atoms with van der Waals surface area (Å²) in [6.07, 6.45) is 1.66. The fourth-order valence-corrected chi connectivity index (χ4v) is 1.51. The van der Waals surface area contributed by atoms with Crippen LogP contribution in [0, 0.1) is 5.92 Å². The van der Waals surface area contributed by atoms with Crippen LogP contribution in [0.4, 0.5) is 0 Å². The summed E-state index contributed by atoms with van der Waals surface area (Å²) >= 11 is 0. The zero-order valence-corrected chi connectivity index (χ0v) is 11.2. The Balaban J connectivity index is 3.07. The van der Waals surface area contributed by atoms with Crippen LogP contribution in [0.2, 0.25) is 0 Å². The lowest BCUT2D eigenvalue weighted by molar-refractivity contribution is 0.0560. The van der Waals surface area contributed by atoms with Crippen molar-refractivity contribution < 1.29 is 13.9 Å². The highest BCUT2D eigenvalue weighted by atomic mass is 16.5. The van der Waals surface area contributed by atoms with E-state index in [2.05, 4.69) is 18.8 Å². The first-order chi connectivity index (χ1) is 8.01. The fourth-order valence-electron chi connectivity index (χ4n) is 1.51. The molecule has 0 radical (unpaired) electrons. The Bertz CT molecular complexity index is 382. The van der Waals surface area contributed by atoms with Crippen molar-refractivity contribution >= 4 is 5.97 Å². The molecule has 0 saturated carbocycles. The molecule has 0 fully saturated rings. The van der Waals surface area contributed by atoms with Gasteiger partial charge in [-0.15, -0.1) is 0 Å². The Kier molecular flexibility index (Phi) is 4.73. The van der Waals surface area contributed by atoms with Crippen molar-refractivity contribution in [2.45, 2.75) is 46.5 Å². The maximum absolute atomic E-state index is 11.6. The van der Waals surface area contributed by atoms with E-state index in [9.17, 15) is 4.79 Å². The van der Waals surface area contributed by atoms with Gasteiger partial charge in [-0.25, -0.2) is 9.78 Å². The molecule has 1 atom stereocenters. The Morgan fingerprint density at radius 1 is 1.41 bits per heavy atom. The third-order valence-corrected chi connectivity index (χ3v) is 2.96. The van der Waals surface area contributed by atoms with Crippen molar-refractivity contribution in [3.05, 3.63) is 17.3 Å². The number of ether oxygens (including phenoxy) is 1. The van der Waals surface area contributed by atoms with Crippen LogP contribution in [0.5, 0.6) is 0 Å². The van der Waals surface area contributed by atoms with E-state index in [1.54, 1.807) is 0 Å². The first-order valence-electron chi connectivity index (χ1n) is 6.09. The smallest absolute Gasteiger partial charge is 0.375 e. The van der Waals surface area contributed by atoms with E-state index in [1.165, 1.54) is 7.11 Å². The lowest BCUT2D eigenvalue weighted by Crippen LogP contribution is -2.03. The molecular weight excluding hydrogens is 218 g/mol. The lowest BCUT2D eigenvalue weighted by Gasteiger charge is -2.10. The summed E-state index contributed by atoms with van der Waals surface area (Å²) in [5.41, 5.74) is 0.710. The molecule has 0 amide bonds. The van der Waals surface area contributed by atoms with Gasteiger partial charge in [0.2, 0.25) is 5.76 Å². The van der Waals surface area contributed by atoms with Crippen LogP contribution >= 0.6 is 0 Å². The molecule has 0 aromatic carbocycles. The van der Waals surface area contributed by atoms with Crippen molar-refractivity contribution in [3.63, 3.8) is 0 Å². The summed E-state index contributed by atoms with van der Waals surface area (Å²) in [4.78, 5) is 16.0. The van der Waals surface area contributed by atoms with Crippen LogP contribution in [0.1, 0.15) is 62.2 Å². The van der Waals surface area contributed by atoms with Gasteiger partial charge >= 0.3 is 5.97 Å². The third-order valence-electron chi connectivity index (χ3n) is 2.96. The van der Waals surface area contributed by atoms with Gasteiger partial charge < -0.3 is 9.15 Å². The second-order valence-corrected chi connectivity index (χ2v) is 4.60. The quantitative estimate of drug-likeness (QED) is 0.740. The molecule has 1 aromatic heterocycles. The van der Waals surface area contributed by atoms with E-state index in [-0.39, 0.29) is 11.7 Å². The number of methoxy groups -OCH3 is 1. The number of rotatable bonds is 5. The second-order valence-electron chi connectivity index (χ2n) is 4.60. The lowest BCUT2D eigenvalue weighted by atomic mass is 9.98. The molecule has 17 heavy (non-hydrogen) atoms. The molecule has 0 spiro atoms. The molecule has 4 heteroatoms. The van der Waals surface area contributed by atoms with E-state index >= 15 is 0 Å². The van der Waals surface area contributed by atoms with Crippen molar-refractivity contribution in [2.75, 3.05) is 7.11 Å². The molecule has 1 aromatic rings. The van der Waals surface area contributed by atoms with E-state index < -0.39 is 5.97 Å². The normalized spacial score (nSPS) is 12.8. The average Bonchev–Trinajstić information content (AvgIpc) is 2.71. The first-order valence-corrected chi connectivity index (χ1v) is 6.09. The fraction of sp³-hybridized carbons (Fsp3) is 0.692. The number of carbonyl (C=O) groups excluding carboxylic acids is 1. The number of oxazole rings is 1. The molecule has 0 bridgehead atoms. The number of nitrogens with zero attached hydrogens (tertiary/aromatic N) is 1. The van der Waals surface area contributed by atoms with Gasteiger partial charge in [-0.3, -0.25) is 0 Å². The van der Waals surface area contributed by atoms with E-state index in [4.69, 9.17) is 9.15 Å². The minimum Gasteiger partial charge on any atom is -0.463 e. The molecule has 0 aliphatic rings. The van der Waals surface area contributed by atoms with Crippen LogP contribution in [0.25, 0.3) is 0 Å². The molecule has 4 nitrogen and oxygen atoms in total. The number of carbonyl (C=O) groups is 1. The number of hydrogen-bond acceptors (Lipinski definition) is 4. The first kappa shape index (κ1) is 13.7. The van der Waals surface area contributed by atoms with Gasteiger partial charge in [0.1, 0.15) is 0 Å². The summed E-state index contributed by atoms with van der Waals surface area (Å²) in [5, 5.41) is 0. The van der Waals surface area contributed by atoms with Crippen LogP contribution in [0.15, 0.2) is 4.42 Å². The van der Waals surface area contributed by atoms with Crippen molar-refractivity contribution in [2.24, 2.45) is 5.92 Å². The monoisotopic (exact) mass is 239 g/mol. The topological polar surface area (TPSA) is 52.3 Å². The van der Waals surface area contributed by atoms with Crippen molar-refractivity contribution in [3.8, 4) is 0 Å². The highest BCUT2D eigenvalue weighted by Gasteiger charge is 2.24. The minimum atomic E-state index is -0.442. The van der Waals surface area contributed by atoms with Gasteiger partial charge in [0, 0.05) is 5.92 Å². The minimum absolute atomic E-state index is 0.198. The zero-order valence-electron chi connectivity index (χ0n) is 11.2. The molecule has 96 valence electrons. The Morgan fingerprint density at radius 3 is 2.53 bits per heavy atom. The summed E-state index contributed by atoms with van der Waals surface area (Å²) in [6.45, 7) is 8.30. The van der Waals surface area contributed by atoms with Gasteiger partial charge in [0.25, 0.3) is 0 Å². The van der Waals surface area contributed by atoms with Gasteiger partial charge in [0.05, 0.1) is 12.8 Å². The summed E-state index contributed by atoms with van der Waals surface area (Å²) < 4.78 is 10.3. The molecule has 1 unspecified atom stereocenters. The van der Waals surface area contributed by atoms with Crippen LogP contribution in [-0.4, -0.2) is 18.1 Å². The Labute approximate surface area is 102 Å². The predicted octanol–water partition coefficient (Wildman–Crippen LogP) is 3.17. The van der Waals surface area contributed by atoms with E-state index in [0.29, 0.717) is 17.5 Å². The molecule has 0 aliphatic heterocycles. The highest BCUT2D eigenvalue weighted by Crippen LogP contribution is 2.26. The van der Waals surface area contributed by atoms with Gasteiger partial charge in [0.15, 0.2) is 5.89 Å². The van der Waals surface area contributed by atoms with Crippen molar-refractivity contribution in [1.29, 1.82) is 0 Å². The zero-order chi connectivity index (χ0) is 13.0. The van der Waals surface area contributed by atoms with Gasteiger partial charge in [-0.1, -0.05) is 34.1 Å². The third kappa shape index (κ3) is 3.08. The molecule has 0 N–H and O–H groups in total. The summed E-state index contributed by atoms with van der Waals surface area (Å²) in [6, 6.07) is 0. The Hall–Kier alpha value is -1.32. The van der Waals surface area contributed by atoms with Gasteiger partial charge in [-0.05, 0) is 12.3 Å². The summed E-state index contributed by atoms with van der Waals surface area (Å²) in [5.74, 6) is 1.07. The molecular formula is C13H21NO3. The average molecular weight is 239 g/mol. The molecule has 1 rings (SSSR count). The highest BCUT2D eigenvalue weighted by molar-refractivity contribution is 5.87. The number of aromatic nitrogens is 1. The predicted molar refractivity (Wildman–Crippen MR) is 65.1 cm³/mol. The molecule has 0 saturated heterocycles. The Morgan fingerprint density at radius 2 is 2.06 bits per heavy atom. The number of hydrogen-bond donors (Lipinski definition) is 0. The van der Waals surface area contributed by atoms with E-state index in [0.717, 1.165) is 12.8 Å². The SMILES string of the molecule is CCCc1nc(C(C)C(C)C)oc1C(=O)OC. The summed E-state index contributed by atoms with van der Waals surface area (Å²) in [7, 11) is 1.35. The maximum Gasteiger partial charge on any atom is 0.375 e. The van der Waals surface area contributed by atoms with E-state index in [1.807, 2.05) is 13.8 Å². The molecule has 1 heterocycles. The van der Waals surface area contributed by atoms with Crippen molar-refractivity contribution in [1.82, 2.24) is 4.98 Å². The molecule has 0 aliphatic carbocycles. The van der Waals surface area contributed by atoms with Crippen LogP contribution < -0.4 is 0 Å². The van der Waals surface area contributed by atoms with Crippen LogP contribution in [0.3, 0.4) is 0 Å². The van der Waals surface area contributed by atoms with Crippen LogP contribution in [-0.2, 0) is 11.2 Å². The maximum atomic E-state index is 11.6.